The fourth-order valence-electron chi connectivity index (χ4n) is 1.46. The predicted octanol–water partition coefficient (Wildman–Crippen LogP) is 4.04. The van der Waals surface area contributed by atoms with E-state index in [9.17, 15) is 4.39 Å². The van der Waals surface area contributed by atoms with Crippen LogP contribution in [0.3, 0.4) is 0 Å². The third-order valence-electron chi connectivity index (χ3n) is 2.35. The first kappa shape index (κ1) is 12.6. The smallest absolute Gasteiger partial charge is 0.141 e. The molecule has 0 aliphatic heterocycles. The summed E-state index contributed by atoms with van der Waals surface area (Å²) in [5, 5.41) is 8.77. The van der Waals surface area contributed by atoms with Crippen molar-refractivity contribution in [1.82, 2.24) is 0 Å². The highest BCUT2D eigenvalue weighted by atomic mass is 79.9. The molecule has 0 saturated carbocycles. The van der Waals surface area contributed by atoms with Crippen LogP contribution in [0.1, 0.15) is 11.1 Å². The van der Waals surface area contributed by atoms with E-state index in [-0.39, 0.29) is 5.82 Å². The Balaban J connectivity index is 2.07. The molecule has 0 unspecified atom stereocenters. The molecule has 0 atom stereocenters. The highest BCUT2D eigenvalue weighted by molar-refractivity contribution is 9.10. The summed E-state index contributed by atoms with van der Waals surface area (Å²) >= 11 is 3.08. The molecule has 0 saturated heterocycles. The van der Waals surface area contributed by atoms with Gasteiger partial charge in [-0.15, -0.1) is 0 Å². The maximum Gasteiger partial charge on any atom is 0.141 e. The van der Waals surface area contributed by atoms with Crippen LogP contribution in [-0.2, 0) is 6.61 Å². The molecular formula is C14H9BrFNO. The molecule has 0 aliphatic carbocycles. The minimum Gasteiger partial charge on any atom is -0.489 e. The summed E-state index contributed by atoms with van der Waals surface area (Å²) in [5.74, 6) is 0.0938. The van der Waals surface area contributed by atoms with Crippen LogP contribution < -0.4 is 4.74 Å². The molecule has 4 heteroatoms. The van der Waals surface area contributed by atoms with Gasteiger partial charge in [-0.3, -0.25) is 0 Å². The van der Waals surface area contributed by atoms with Gasteiger partial charge in [0.15, 0.2) is 0 Å². The van der Waals surface area contributed by atoms with Gasteiger partial charge in [-0.05, 0) is 45.8 Å². The molecule has 2 nitrogen and oxygen atoms in total. The zero-order chi connectivity index (χ0) is 13.0. The average molecular weight is 306 g/mol. The fourth-order valence-corrected chi connectivity index (χ4v) is 1.71. The molecule has 2 aromatic carbocycles. The SMILES string of the molecule is N#Cc1cccc(COc2ccc(Br)c(F)c2)c1. The van der Waals surface area contributed by atoms with Crippen LogP contribution in [0.2, 0.25) is 0 Å². The number of nitrogens with zero attached hydrogens (tertiary/aromatic N) is 1. The third-order valence-corrected chi connectivity index (χ3v) is 3.00. The Morgan fingerprint density at radius 3 is 2.78 bits per heavy atom. The second-order valence-corrected chi connectivity index (χ2v) is 4.53. The topological polar surface area (TPSA) is 33.0 Å². The molecule has 2 rings (SSSR count). The van der Waals surface area contributed by atoms with E-state index in [1.165, 1.54) is 6.07 Å². The first-order chi connectivity index (χ1) is 8.69. The van der Waals surface area contributed by atoms with Crippen LogP contribution >= 0.6 is 15.9 Å². The van der Waals surface area contributed by atoms with Crippen molar-refractivity contribution >= 4 is 15.9 Å². The van der Waals surface area contributed by atoms with Gasteiger partial charge in [0.25, 0.3) is 0 Å². The van der Waals surface area contributed by atoms with Crippen molar-refractivity contribution < 1.29 is 9.13 Å². The quantitative estimate of drug-likeness (QED) is 0.857. The van der Waals surface area contributed by atoms with Gasteiger partial charge in [-0.25, -0.2) is 4.39 Å². The summed E-state index contributed by atoms with van der Waals surface area (Å²) < 4.78 is 19.1. The molecule has 0 aromatic heterocycles. The zero-order valence-corrected chi connectivity index (χ0v) is 10.9. The Bertz CT molecular complexity index is 607. The number of ether oxygens (including phenoxy) is 1. The van der Waals surface area contributed by atoms with Gasteiger partial charge in [0.1, 0.15) is 18.2 Å². The summed E-state index contributed by atoms with van der Waals surface area (Å²) in [6.45, 7) is 0.302. The Hall–Kier alpha value is -1.86. The van der Waals surface area contributed by atoms with Crippen molar-refractivity contribution in [3.8, 4) is 11.8 Å². The van der Waals surface area contributed by atoms with Gasteiger partial charge in [-0.2, -0.15) is 5.26 Å². The lowest BCUT2D eigenvalue weighted by Gasteiger charge is -2.07. The summed E-state index contributed by atoms with van der Waals surface area (Å²) in [5.41, 5.74) is 1.45. The van der Waals surface area contributed by atoms with Crippen molar-refractivity contribution in [3.05, 3.63) is 63.9 Å². The van der Waals surface area contributed by atoms with Crippen molar-refractivity contribution in [1.29, 1.82) is 5.26 Å². The number of hydrogen-bond acceptors (Lipinski definition) is 2. The zero-order valence-electron chi connectivity index (χ0n) is 9.36. The van der Waals surface area contributed by atoms with Gasteiger partial charge < -0.3 is 4.74 Å². The van der Waals surface area contributed by atoms with E-state index < -0.39 is 0 Å². The second kappa shape index (κ2) is 5.65. The lowest BCUT2D eigenvalue weighted by molar-refractivity contribution is 0.304. The van der Waals surface area contributed by atoms with Crippen molar-refractivity contribution in [3.63, 3.8) is 0 Å². The molecule has 0 bridgehead atoms. The van der Waals surface area contributed by atoms with E-state index in [1.54, 1.807) is 30.3 Å². The molecule has 0 N–H and O–H groups in total. The maximum absolute atomic E-state index is 13.3. The standard InChI is InChI=1S/C14H9BrFNO/c15-13-5-4-12(7-14(13)16)18-9-11-3-1-2-10(6-11)8-17/h1-7H,9H2. The Morgan fingerprint density at radius 2 is 2.06 bits per heavy atom. The lowest BCUT2D eigenvalue weighted by Crippen LogP contribution is -1.96. The number of rotatable bonds is 3. The van der Waals surface area contributed by atoms with Crippen LogP contribution in [-0.4, -0.2) is 0 Å². The number of halogens is 2. The van der Waals surface area contributed by atoms with Crippen molar-refractivity contribution in [2.24, 2.45) is 0 Å². The summed E-state index contributed by atoms with van der Waals surface area (Å²) in [4.78, 5) is 0. The minimum atomic E-state index is -0.363. The molecule has 0 spiro atoms. The van der Waals surface area contributed by atoms with Crippen LogP contribution in [0.15, 0.2) is 46.9 Å². The monoisotopic (exact) mass is 305 g/mol. The fraction of sp³-hybridized carbons (Fsp3) is 0.0714. The van der Waals surface area contributed by atoms with Gasteiger partial charge >= 0.3 is 0 Å². The second-order valence-electron chi connectivity index (χ2n) is 3.68. The first-order valence-electron chi connectivity index (χ1n) is 5.26. The lowest BCUT2D eigenvalue weighted by atomic mass is 10.1. The third kappa shape index (κ3) is 3.08. The molecule has 0 heterocycles. The van der Waals surface area contributed by atoms with E-state index >= 15 is 0 Å². The number of benzene rings is 2. The van der Waals surface area contributed by atoms with E-state index in [4.69, 9.17) is 10.00 Å². The molecule has 90 valence electrons. The van der Waals surface area contributed by atoms with Gasteiger partial charge in [-0.1, -0.05) is 12.1 Å². The highest BCUT2D eigenvalue weighted by Crippen LogP contribution is 2.21. The van der Waals surface area contributed by atoms with Crippen molar-refractivity contribution in [2.75, 3.05) is 0 Å². The normalized spacial score (nSPS) is 9.83. The van der Waals surface area contributed by atoms with E-state index in [1.807, 2.05) is 6.07 Å². The van der Waals surface area contributed by atoms with E-state index in [0.717, 1.165) is 5.56 Å². The van der Waals surface area contributed by atoms with Crippen LogP contribution in [0, 0.1) is 17.1 Å². The minimum absolute atomic E-state index is 0.302. The largest absolute Gasteiger partial charge is 0.489 e. The molecular weight excluding hydrogens is 297 g/mol. The average Bonchev–Trinajstić information content (AvgIpc) is 2.40. The number of nitriles is 1. The summed E-state index contributed by atoms with van der Waals surface area (Å²) in [6.07, 6.45) is 0. The first-order valence-corrected chi connectivity index (χ1v) is 6.05. The van der Waals surface area contributed by atoms with Gasteiger partial charge in [0, 0.05) is 6.07 Å². The van der Waals surface area contributed by atoms with E-state index in [0.29, 0.717) is 22.4 Å². The van der Waals surface area contributed by atoms with Crippen LogP contribution in [0.5, 0.6) is 5.75 Å². The van der Waals surface area contributed by atoms with Gasteiger partial charge in [0.2, 0.25) is 0 Å². The van der Waals surface area contributed by atoms with Crippen LogP contribution in [0.25, 0.3) is 0 Å². The molecule has 0 radical (unpaired) electrons. The van der Waals surface area contributed by atoms with E-state index in [2.05, 4.69) is 22.0 Å². The summed E-state index contributed by atoms with van der Waals surface area (Å²) in [6, 6.07) is 13.8. The molecule has 2 aromatic rings. The molecule has 18 heavy (non-hydrogen) atoms. The molecule has 0 fully saturated rings. The van der Waals surface area contributed by atoms with Crippen molar-refractivity contribution in [2.45, 2.75) is 6.61 Å². The Kier molecular flexibility index (Phi) is 3.96. The highest BCUT2D eigenvalue weighted by Gasteiger charge is 2.02. The number of hydrogen-bond donors (Lipinski definition) is 0. The van der Waals surface area contributed by atoms with Crippen LogP contribution in [0.4, 0.5) is 4.39 Å². The molecule has 0 amide bonds. The summed E-state index contributed by atoms with van der Waals surface area (Å²) in [7, 11) is 0. The maximum atomic E-state index is 13.3. The Morgan fingerprint density at radius 1 is 1.22 bits per heavy atom. The predicted molar refractivity (Wildman–Crippen MR) is 69.6 cm³/mol. The van der Waals surface area contributed by atoms with Gasteiger partial charge in [0.05, 0.1) is 16.1 Å². The Labute approximate surface area is 113 Å². The molecule has 0 aliphatic rings.